The Morgan fingerprint density at radius 1 is 0.898 bits per heavy atom. The number of alkyl carbamates (subject to hydrolysis) is 1. The molecule has 0 aliphatic carbocycles. The highest BCUT2D eigenvalue weighted by molar-refractivity contribution is 6.11. The highest BCUT2D eigenvalue weighted by Gasteiger charge is 2.19. The number of carbonyl (C=O) groups excluding carboxylic acids is 2. The number of nitrogens with one attached hydrogen (secondary N) is 1. The van der Waals surface area contributed by atoms with E-state index < -0.39 is 17.9 Å². The zero-order valence-corrected chi connectivity index (χ0v) is 28.0. The zero-order valence-electron chi connectivity index (χ0n) is 28.0. The van der Waals surface area contributed by atoms with Gasteiger partial charge in [-0.15, -0.1) is 0 Å². The fraction of sp³-hybridized carbons (Fsp3) is 0.256. The number of aryl methyl sites for hydroxylation is 1. The smallest absolute Gasteiger partial charge is 0.413 e. The van der Waals surface area contributed by atoms with E-state index in [4.69, 9.17) is 23.4 Å². The van der Waals surface area contributed by atoms with E-state index in [1.165, 1.54) is 0 Å². The number of nitrogens with zero attached hydrogens (tertiary/aromatic N) is 2. The van der Waals surface area contributed by atoms with Gasteiger partial charge < -0.3 is 27.9 Å². The standard InChI is InChI=1S/C39H39N3O7/c1-5-46-39(44)41-37(43)25(2)20-21-47-34-17-11-16-32-36(34)29-14-9-10-15-31(29)42(32)23-27-18-19-33(35(22-27)45-4)48-24-30-26(3)49-38(40-30)28-12-7-6-8-13-28/h6-19,22,25H,5,20-21,23-24H2,1-4H3,(H,41,43,44). The van der Waals surface area contributed by atoms with Crippen molar-refractivity contribution >= 4 is 33.8 Å². The Labute approximate surface area is 284 Å². The average molecular weight is 662 g/mol. The number of hydrogen-bond acceptors (Lipinski definition) is 8. The highest BCUT2D eigenvalue weighted by atomic mass is 16.5. The first kappa shape index (κ1) is 33.1. The van der Waals surface area contributed by atoms with Gasteiger partial charge in [-0.1, -0.05) is 55.5 Å². The summed E-state index contributed by atoms with van der Waals surface area (Å²) in [6, 6.07) is 29.9. The molecule has 6 rings (SSSR count). The summed E-state index contributed by atoms with van der Waals surface area (Å²) >= 11 is 0. The first-order chi connectivity index (χ1) is 23.9. The second-order valence-corrected chi connectivity index (χ2v) is 11.7. The molecule has 0 saturated heterocycles. The molecule has 1 atom stereocenters. The maximum atomic E-state index is 12.4. The van der Waals surface area contributed by atoms with Gasteiger partial charge in [0.15, 0.2) is 11.5 Å². The van der Waals surface area contributed by atoms with Crippen LogP contribution in [0.25, 0.3) is 33.3 Å². The van der Waals surface area contributed by atoms with Gasteiger partial charge >= 0.3 is 6.09 Å². The normalized spacial score (nSPS) is 11.8. The second-order valence-electron chi connectivity index (χ2n) is 11.7. The Bertz CT molecular complexity index is 2080. The number of fused-ring (bicyclic) bond motifs is 3. The molecule has 2 heterocycles. The van der Waals surface area contributed by atoms with Crippen LogP contribution in [-0.4, -0.2) is 41.9 Å². The van der Waals surface area contributed by atoms with Crippen molar-refractivity contribution < 1.29 is 33.0 Å². The highest BCUT2D eigenvalue weighted by Crippen LogP contribution is 2.37. The van der Waals surface area contributed by atoms with Gasteiger partial charge in [-0.25, -0.2) is 9.78 Å². The topological polar surface area (TPSA) is 114 Å². The van der Waals surface area contributed by atoms with Crippen LogP contribution in [0, 0.1) is 12.8 Å². The number of methoxy groups -OCH3 is 1. The number of hydrogen-bond donors (Lipinski definition) is 1. The monoisotopic (exact) mass is 661 g/mol. The number of para-hydroxylation sites is 1. The molecule has 0 aliphatic rings. The molecule has 0 saturated carbocycles. The van der Waals surface area contributed by atoms with Crippen LogP contribution in [0.3, 0.4) is 0 Å². The summed E-state index contributed by atoms with van der Waals surface area (Å²) in [5.41, 5.74) is 4.74. The lowest BCUT2D eigenvalue weighted by Crippen LogP contribution is -2.35. The molecule has 4 aromatic carbocycles. The molecule has 0 spiro atoms. The van der Waals surface area contributed by atoms with Gasteiger partial charge in [-0.05, 0) is 68.3 Å². The fourth-order valence-corrected chi connectivity index (χ4v) is 5.75. The molecule has 6 aromatic rings. The van der Waals surface area contributed by atoms with Gasteiger partial charge in [0.1, 0.15) is 23.8 Å². The van der Waals surface area contributed by atoms with Crippen LogP contribution < -0.4 is 19.5 Å². The zero-order chi connectivity index (χ0) is 34.3. The number of amides is 2. The van der Waals surface area contributed by atoms with Crippen LogP contribution in [0.15, 0.2) is 95.4 Å². The lowest BCUT2D eigenvalue weighted by molar-refractivity contribution is -0.124. The molecule has 1 N–H and O–H groups in total. The third-order valence-electron chi connectivity index (χ3n) is 8.36. The molecule has 0 fully saturated rings. The summed E-state index contributed by atoms with van der Waals surface area (Å²) in [7, 11) is 1.63. The molecule has 252 valence electrons. The molecule has 49 heavy (non-hydrogen) atoms. The summed E-state index contributed by atoms with van der Waals surface area (Å²) in [4.78, 5) is 28.7. The Balaban J connectivity index is 1.19. The van der Waals surface area contributed by atoms with Crippen LogP contribution in [0.5, 0.6) is 17.2 Å². The molecule has 10 heteroatoms. The Kier molecular flexibility index (Phi) is 10.1. The van der Waals surface area contributed by atoms with Gasteiger partial charge in [0.2, 0.25) is 11.8 Å². The number of aromatic nitrogens is 2. The molecule has 2 aromatic heterocycles. The lowest BCUT2D eigenvalue weighted by Gasteiger charge is -2.14. The Morgan fingerprint density at radius 2 is 1.67 bits per heavy atom. The van der Waals surface area contributed by atoms with Crippen LogP contribution in [0.4, 0.5) is 4.79 Å². The minimum atomic E-state index is -0.739. The predicted molar refractivity (Wildman–Crippen MR) is 187 cm³/mol. The molecule has 10 nitrogen and oxygen atoms in total. The fourth-order valence-electron chi connectivity index (χ4n) is 5.75. The van der Waals surface area contributed by atoms with Gasteiger partial charge in [-0.2, -0.15) is 0 Å². The molecule has 1 unspecified atom stereocenters. The van der Waals surface area contributed by atoms with Crippen molar-refractivity contribution in [2.45, 2.75) is 40.3 Å². The van der Waals surface area contributed by atoms with Gasteiger partial charge in [-0.3, -0.25) is 10.1 Å². The molecule has 0 aliphatic heterocycles. The molecule has 0 bridgehead atoms. The average Bonchev–Trinajstić information content (AvgIpc) is 3.65. The van der Waals surface area contributed by atoms with E-state index in [2.05, 4.69) is 33.1 Å². The number of benzene rings is 4. The van der Waals surface area contributed by atoms with Gasteiger partial charge in [0, 0.05) is 34.3 Å². The minimum Gasteiger partial charge on any atom is -0.493 e. The SMILES string of the molecule is CCOC(=O)NC(=O)C(C)CCOc1cccc2c1c1ccccc1n2Cc1ccc(OCc2nc(-c3ccccc3)oc2C)c(OC)c1. The van der Waals surface area contributed by atoms with Crippen LogP contribution in [0.2, 0.25) is 0 Å². The minimum absolute atomic E-state index is 0.197. The van der Waals surface area contributed by atoms with Crippen LogP contribution >= 0.6 is 0 Å². The number of ether oxygens (including phenoxy) is 4. The van der Waals surface area contributed by atoms with Crippen molar-refractivity contribution in [3.63, 3.8) is 0 Å². The van der Waals surface area contributed by atoms with Crippen molar-refractivity contribution in [1.29, 1.82) is 0 Å². The Hall–Kier alpha value is -5.77. The summed E-state index contributed by atoms with van der Waals surface area (Å²) in [6.07, 6.45) is -0.310. The van der Waals surface area contributed by atoms with E-state index in [9.17, 15) is 9.59 Å². The summed E-state index contributed by atoms with van der Waals surface area (Å²) in [5, 5.41) is 4.32. The third kappa shape index (κ3) is 7.38. The number of carbonyl (C=O) groups is 2. The van der Waals surface area contributed by atoms with Crippen LogP contribution in [0.1, 0.15) is 37.3 Å². The second kappa shape index (κ2) is 15.0. The number of oxazole rings is 1. The lowest BCUT2D eigenvalue weighted by atomic mass is 10.1. The summed E-state index contributed by atoms with van der Waals surface area (Å²) < 4.78 is 31.1. The van der Waals surface area contributed by atoms with Crippen molar-refractivity contribution in [3.8, 4) is 28.7 Å². The van der Waals surface area contributed by atoms with E-state index in [0.29, 0.717) is 42.7 Å². The maximum Gasteiger partial charge on any atom is 0.413 e. The van der Waals surface area contributed by atoms with Gasteiger partial charge in [0.25, 0.3) is 0 Å². The van der Waals surface area contributed by atoms with Crippen molar-refractivity contribution in [1.82, 2.24) is 14.9 Å². The first-order valence-corrected chi connectivity index (χ1v) is 16.3. The number of rotatable bonds is 13. The van der Waals surface area contributed by atoms with E-state index in [-0.39, 0.29) is 13.2 Å². The van der Waals surface area contributed by atoms with Gasteiger partial charge in [0.05, 0.1) is 25.8 Å². The predicted octanol–water partition coefficient (Wildman–Crippen LogP) is 8.07. The molecular weight excluding hydrogens is 622 g/mol. The first-order valence-electron chi connectivity index (χ1n) is 16.3. The summed E-state index contributed by atoms with van der Waals surface area (Å²) in [5.74, 6) is 2.40. The third-order valence-corrected chi connectivity index (χ3v) is 8.36. The molecule has 0 radical (unpaired) electrons. The van der Waals surface area contributed by atoms with E-state index in [0.717, 1.165) is 44.4 Å². The Morgan fingerprint density at radius 3 is 2.47 bits per heavy atom. The van der Waals surface area contributed by atoms with Crippen molar-refractivity contribution in [2.24, 2.45) is 5.92 Å². The van der Waals surface area contributed by atoms with E-state index >= 15 is 0 Å². The molecular formula is C39H39N3O7. The van der Waals surface area contributed by atoms with Crippen LogP contribution in [-0.2, 0) is 22.7 Å². The largest absolute Gasteiger partial charge is 0.493 e. The van der Waals surface area contributed by atoms with E-state index in [1.54, 1.807) is 21.0 Å². The maximum absolute atomic E-state index is 12.4. The van der Waals surface area contributed by atoms with E-state index in [1.807, 2.05) is 79.7 Å². The van der Waals surface area contributed by atoms with Crippen molar-refractivity contribution in [3.05, 3.63) is 108 Å². The quantitative estimate of drug-likeness (QED) is 0.132. The summed E-state index contributed by atoms with van der Waals surface area (Å²) in [6.45, 7) is 6.64. The molecule has 2 amide bonds. The van der Waals surface area contributed by atoms with Crippen molar-refractivity contribution in [2.75, 3.05) is 20.3 Å². The number of imide groups is 1.